The van der Waals surface area contributed by atoms with Gasteiger partial charge in [-0.3, -0.25) is 4.72 Å². The van der Waals surface area contributed by atoms with Gasteiger partial charge in [0.1, 0.15) is 5.65 Å². The molecule has 3 rings (SSSR count). The molecule has 1 N–H and O–H groups in total. The Hall–Kier alpha value is -2.34. The van der Waals surface area contributed by atoms with Crippen LogP contribution < -0.4 is 4.72 Å². The van der Waals surface area contributed by atoms with E-state index in [1.807, 2.05) is 61.0 Å². The predicted molar refractivity (Wildman–Crippen MR) is 97.7 cm³/mol. The van der Waals surface area contributed by atoms with Gasteiger partial charge in [-0.2, -0.15) is 0 Å². The highest BCUT2D eigenvalue weighted by Crippen LogP contribution is 2.23. The third-order valence-corrected chi connectivity index (χ3v) is 5.19. The first kappa shape index (κ1) is 16.5. The number of pyridine rings is 1. The minimum Gasteiger partial charge on any atom is -0.306 e. The minimum atomic E-state index is -3.30. The number of fused-ring (bicyclic) bond motifs is 1. The molecule has 0 spiro atoms. The summed E-state index contributed by atoms with van der Waals surface area (Å²) in [5, 5.41) is 0. The quantitative estimate of drug-likeness (QED) is 0.739. The van der Waals surface area contributed by atoms with Crippen LogP contribution in [0.3, 0.4) is 0 Å². The normalized spacial score (nSPS) is 11.8. The van der Waals surface area contributed by atoms with Crippen LogP contribution in [0.15, 0.2) is 48.8 Å². The van der Waals surface area contributed by atoms with Crippen LogP contribution in [0.5, 0.6) is 0 Å². The van der Waals surface area contributed by atoms with Crippen molar-refractivity contribution < 1.29 is 8.42 Å². The zero-order valence-corrected chi connectivity index (χ0v) is 14.7. The van der Waals surface area contributed by atoms with Crippen molar-refractivity contribution in [3.63, 3.8) is 0 Å². The molecule has 3 aromatic rings. The second kappa shape index (κ2) is 6.65. The molecule has 0 unspecified atom stereocenters. The highest BCUT2D eigenvalue weighted by molar-refractivity contribution is 7.92. The first-order chi connectivity index (χ1) is 11.5. The van der Waals surface area contributed by atoms with Gasteiger partial charge in [0.15, 0.2) is 0 Å². The molecular formula is C18H21N3O2S. The summed E-state index contributed by atoms with van der Waals surface area (Å²) in [4.78, 5) is 4.62. The molecule has 0 atom stereocenters. The number of hydrogen-bond donors (Lipinski definition) is 1. The molecule has 0 fully saturated rings. The number of unbranched alkanes of at least 4 members (excludes halogenated alkanes) is 1. The molecule has 0 aliphatic rings. The molecule has 0 saturated carbocycles. The number of rotatable bonds is 6. The van der Waals surface area contributed by atoms with Crippen molar-refractivity contribution in [2.45, 2.75) is 26.7 Å². The standard InChI is InChI=1S/C18H21N3O2S/c1-3-4-10-24(22,23)20-16-7-5-6-15(12-16)17-13-21-9-8-14(2)11-18(21)19-17/h5-9,11-13,20H,3-4,10H2,1-2H3. The molecule has 6 heteroatoms. The third kappa shape index (κ3) is 3.76. The maximum atomic E-state index is 12.1. The van der Waals surface area contributed by atoms with Crippen LogP contribution in [0.25, 0.3) is 16.9 Å². The first-order valence-electron chi connectivity index (χ1n) is 8.03. The van der Waals surface area contributed by atoms with Crippen LogP contribution in [0.1, 0.15) is 25.3 Å². The summed E-state index contributed by atoms with van der Waals surface area (Å²) < 4.78 is 28.7. The molecule has 126 valence electrons. The summed E-state index contributed by atoms with van der Waals surface area (Å²) in [5.74, 6) is 0.140. The van der Waals surface area contributed by atoms with E-state index in [9.17, 15) is 8.42 Å². The Labute approximate surface area is 142 Å². The molecule has 0 bridgehead atoms. The van der Waals surface area contributed by atoms with Gasteiger partial charge >= 0.3 is 0 Å². The van der Waals surface area contributed by atoms with Gasteiger partial charge in [-0.25, -0.2) is 13.4 Å². The van der Waals surface area contributed by atoms with E-state index in [4.69, 9.17) is 0 Å². The average Bonchev–Trinajstić information content (AvgIpc) is 2.96. The first-order valence-corrected chi connectivity index (χ1v) is 9.68. The van der Waals surface area contributed by atoms with Gasteiger partial charge in [0.25, 0.3) is 0 Å². The molecule has 0 saturated heterocycles. The number of nitrogens with one attached hydrogen (secondary N) is 1. The molecule has 2 heterocycles. The Bertz CT molecular complexity index is 961. The van der Waals surface area contributed by atoms with Crippen molar-refractivity contribution in [2.75, 3.05) is 10.5 Å². The number of aromatic nitrogens is 2. The topological polar surface area (TPSA) is 63.5 Å². The fourth-order valence-corrected chi connectivity index (χ4v) is 3.79. The molecule has 0 aliphatic carbocycles. The SMILES string of the molecule is CCCCS(=O)(=O)Nc1cccc(-c2cn3ccc(C)cc3n2)c1. The van der Waals surface area contributed by atoms with Gasteiger partial charge in [0.2, 0.25) is 10.0 Å². The van der Waals surface area contributed by atoms with Crippen LogP contribution in [-0.4, -0.2) is 23.6 Å². The lowest BCUT2D eigenvalue weighted by Crippen LogP contribution is -2.16. The Kier molecular flexibility index (Phi) is 4.57. The lowest BCUT2D eigenvalue weighted by atomic mass is 10.1. The molecule has 0 radical (unpaired) electrons. The second-order valence-corrected chi connectivity index (χ2v) is 7.79. The van der Waals surface area contributed by atoms with Crippen molar-refractivity contribution in [3.8, 4) is 11.3 Å². The van der Waals surface area contributed by atoms with Gasteiger partial charge in [0.05, 0.1) is 11.4 Å². The van der Waals surface area contributed by atoms with E-state index in [0.717, 1.165) is 28.9 Å². The lowest BCUT2D eigenvalue weighted by Gasteiger charge is -2.08. The minimum absolute atomic E-state index is 0.140. The van der Waals surface area contributed by atoms with E-state index in [1.54, 1.807) is 6.07 Å². The van der Waals surface area contributed by atoms with Gasteiger partial charge in [-0.1, -0.05) is 25.5 Å². The summed E-state index contributed by atoms with van der Waals surface area (Å²) in [5.41, 5.74) is 4.29. The maximum absolute atomic E-state index is 12.1. The Morgan fingerprint density at radius 2 is 2.04 bits per heavy atom. The molecular weight excluding hydrogens is 322 g/mol. The summed E-state index contributed by atoms with van der Waals surface area (Å²) in [6.45, 7) is 4.00. The van der Waals surface area contributed by atoms with Crippen LogP contribution >= 0.6 is 0 Å². The van der Waals surface area contributed by atoms with Crippen LogP contribution in [0.4, 0.5) is 5.69 Å². The largest absolute Gasteiger partial charge is 0.306 e. The summed E-state index contributed by atoms with van der Waals surface area (Å²) in [6.07, 6.45) is 5.42. The fraction of sp³-hybridized carbons (Fsp3) is 0.278. The van der Waals surface area contributed by atoms with Gasteiger partial charge in [-0.05, 0) is 43.2 Å². The number of aryl methyl sites for hydroxylation is 1. The number of hydrogen-bond acceptors (Lipinski definition) is 3. The van der Waals surface area contributed by atoms with Crippen molar-refractivity contribution >= 4 is 21.4 Å². The van der Waals surface area contributed by atoms with Gasteiger partial charge in [0, 0.05) is 23.6 Å². The number of nitrogens with zero attached hydrogens (tertiary/aromatic N) is 2. The predicted octanol–water partition coefficient (Wildman–Crippen LogP) is 3.85. The van der Waals surface area contributed by atoms with E-state index in [0.29, 0.717) is 12.1 Å². The van der Waals surface area contributed by atoms with Crippen molar-refractivity contribution in [2.24, 2.45) is 0 Å². The zero-order chi connectivity index (χ0) is 17.2. The number of imidazole rings is 1. The van der Waals surface area contributed by atoms with Gasteiger partial charge < -0.3 is 4.40 Å². The van der Waals surface area contributed by atoms with E-state index in [2.05, 4.69) is 9.71 Å². The molecule has 1 aromatic carbocycles. The third-order valence-electron chi connectivity index (χ3n) is 3.81. The highest BCUT2D eigenvalue weighted by Gasteiger charge is 2.11. The molecule has 24 heavy (non-hydrogen) atoms. The lowest BCUT2D eigenvalue weighted by molar-refractivity contribution is 0.598. The number of anilines is 1. The molecule has 0 aliphatic heterocycles. The van der Waals surface area contributed by atoms with Crippen molar-refractivity contribution in [3.05, 3.63) is 54.4 Å². The fourth-order valence-electron chi connectivity index (χ4n) is 2.53. The average molecular weight is 343 g/mol. The van der Waals surface area contributed by atoms with E-state index in [1.165, 1.54) is 0 Å². The van der Waals surface area contributed by atoms with E-state index < -0.39 is 10.0 Å². The van der Waals surface area contributed by atoms with Gasteiger partial charge in [-0.15, -0.1) is 0 Å². The molecule has 2 aromatic heterocycles. The maximum Gasteiger partial charge on any atom is 0.232 e. The zero-order valence-electron chi connectivity index (χ0n) is 13.9. The van der Waals surface area contributed by atoms with Crippen molar-refractivity contribution in [1.82, 2.24) is 9.38 Å². The summed E-state index contributed by atoms with van der Waals surface area (Å²) in [6, 6.07) is 11.4. The highest BCUT2D eigenvalue weighted by atomic mass is 32.2. The smallest absolute Gasteiger partial charge is 0.232 e. The van der Waals surface area contributed by atoms with E-state index in [-0.39, 0.29) is 5.75 Å². The Balaban J connectivity index is 1.89. The number of sulfonamides is 1. The molecule has 0 amide bonds. The monoisotopic (exact) mass is 343 g/mol. The number of benzene rings is 1. The van der Waals surface area contributed by atoms with Crippen LogP contribution in [0, 0.1) is 6.92 Å². The Morgan fingerprint density at radius 3 is 2.83 bits per heavy atom. The van der Waals surface area contributed by atoms with Crippen LogP contribution in [-0.2, 0) is 10.0 Å². The van der Waals surface area contributed by atoms with E-state index >= 15 is 0 Å². The van der Waals surface area contributed by atoms with Crippen LogP contribution in [0.2, 0.25) is 0 Å². The summed E-state index contributed by atoms with van der Waals surface area (Å²) >= 11 is 0. The second-order valence-electron chi connectivity index (χ2n) is 5.95. The Morgan fingerprint density at radius 1 is 1.21 bits per heavy atom. The van der Waals surface area contributed by atoms with Crippen molar-refractivity contribution in [1.29, 1.82) is 0 Å². The molecule has 5 nitrogen and oxygen atoms in total. The summed E-state index contributed by atoms with van der Waals surface area (Å²) in [7, 11) is -3.30.